The van der Waals surface area contributed by atoms with Gasteiger partial charge in [0.05, 0.1) is 26.0 Å². The number of aromatic nitrogens is 3. The summed E-state index contributed by atoms with van der Waals surface area (Å²) in [6.45, 7) is 5.33. The molecule has 0 atom stereocenters. The van der Waals surface area contributed by atoms with Crippen molar-refractivity contribution in [1.29, 1.82) is 0 Å². The van der Waals surface area contributed by atoms with Gasteiger partial charge in [0.1, 0.15) is 11.6 Å². The van der Waals surface area contributed by atoms with Crippen molar-refractivity contribution < 1.29 is 9.47 Å². The van der Waals surface area contributed by atoms with Gasteiger partial charge in [-0.1, -0.05) is 35.9 Å². The molecule has 0 aliphatic carbocycles. The van der Waals surface area contributed by atoms with Crippen molar-refractivity contribution >= 4 is 23.7 Å². The van der Waals surface area contributed by atoms with E-state index in [2.05, 4.69) is 36.4 Å². The molecule has 0 amide bonds. The number of ether oxygens (including phenoxy) is 2. The second-order valence-corrected chi connectivity index (χ2v) is 7.47. The second kappa shape index (κ2) is 10.5. The van der Waals surface area contributed by atoms with Gasteiger partial charge in [0.15, 0.2) is 5.82 Å². The average molecular weight is 434 g/mol. The Morgan fingerprint density at radius 2 is 2.06 bits per heavy atom. The molecule has 0 spiro atoms. The number of pyridine rings is 1. The summed E-state index contributed by atoms with van der Waals surface area (Å²) in [4.78, 5) is 15.3. The Hall–Kier alpha value is -3.72. The lowest BCUT2D eigenvalue weighted by Gasteiger charge is -2.28. The summed E-state index contributed by atoms with van der Waals surface area (Å²) in [7, 11) is 0. The van der Waals surface area contributed by atoms with Crippen LogP contribution in [0.5, 0.6) is 6.01 Å². The van der Waals surface area contributed by atoms with Crippen LogP contribution in [0.15, 0.2) is 53.8 Å². The molecule has 1 aromatic carbocycles. The zero-order valence-electron chi connectivity index (χ0n) is 18.1. The molecule has 1 saturated heterocycles. The van der Waals surface area contributed by atoms with Crippen molar-refractivity contribution in [3.63, 3.8) is 0 Å². The third-order valence-electron chi connectivity index (χ3n) is 4.93. The van der Waals surface area contributed by atoms with Crippen LogP contribution in [-0.2, 0) is 11.2 Å². The quantitative estimate of drug-likeness (QED) is 0.412. The van der Waals surface area contributed by atoms with Crippen molar-refractivity contribution in [3.05, 3.63) is 65.4 Å². The molecule has 9 nitrogen and oxygen atoms in total. The highest BCUT2D eigenvalue weighted by molar-refractivity contribution is 5.80. The Labute approximate surface area is 187 Å². The van der Waals surface area contributed by atoms with Crippen LogP contribution in [0, 0.1) is 6.92 Å². The van der Waals surface area contributed by atoms with Crippen molar-refractivity contribution in [2.75, 3.05) is 49.0 Å². The molecule has 166 valence electrons. The fourth-order valence-electron chi connectivity index (χ4n) is 3.26. The number of morpholine rings is 1. The Bertz CT molecular complexity index is 1050. The molecule has 32 heavy (non-hydrogen) atoms. The first-order valence-electron chi connectivity index (χ1n) is 10.6. The number of nitrogen functional groups attached to an aromatic ring is 1. The predicted octanol–water partition coefficient (Wildman–Crippen LogP) is 2.67. The van der Waals surface area contributed by atoms with Crippen molar-refractivity contribution in [3.8, 4) is 6.01 Å². The van der Waals surface area contributed by atoms with Crippen LogP contribution in [0.4, 0.5) is 17.5 Å². The zero-order valence-corrected chi connectivity index (χ0v) is 18.1. The highest BCUT2D eigenvalue weighted by atomic mass is 16.5. The molecule has 0 saturated carbocycles. The molecule has 2 aromatic heterocycles. The summed E-state index contributed by atoms with van der Waals surface area (Å²) in [6.07, 6.45) is 4.18. The number of hydrogen-bond donors (Lipinski definition) is 2. The molecule has 0 radical (unpaired) electrons. The molecular weight excluding hydrogens is 406 g/mol. The van der Waals surface area contributed by atoms with E-state index in [1.54, 1.807) is 18.5 Å². The normalized spacial score (nSPS) is 14.0. The number of hydrazone groups is 1. The van der Waals surface area contributed by atoms with Crippen LogP contribution < -0.4 is 20.8 Å². The van der Waals surface area contributed by atoms with Crippen LogP contribution in [0.2, 0.25) is 0 Å². The topological polar surface area (TPSA) is 111 Å². The van der Waals surface area contributed by atoms with Crippen molar-refractivity contribution in [2.24, 2.45) is 5.10 Å². The standard InChI is InChI=1S/C23H27N7O2/c1-17-3-2-4-19(13-17)16-26-29-21-14-22(30-8-11-31-12-9-30)28-23(27-21)32-10-7-18-5-6-20(24)25-15-18/h2-6,13-16H,7-12H2,1H3,(H2,24,25)(H,27,28,29). The molecule has 1 fully saturated rings. The number of aryl methyl sites for hydroxylation is 1. The molecule has 1 aliphatic rings. The van der Waals surface area contributed by atoms with E-state index < -0.39 is 0 Å². The van der Waals surface area contributed by atoms with E-state index in [0.717, 1.165) is 30.0 Å². The maximum Gasteiger partial charge on any atom is 0.320 e. The Kier molecular flexibility index (Phi) is 7.08. The Morgan fingerprint density at radius 1 is 1.19 bits per heavy atom. The largest absolute Gasteiger partial charge is 0.463 e. The number of anilines is 3. The van der Waals surface area contributed by atoms with Gasteiger partial charge in [-0.25, -0.2) is 4.98 Å². The van der Waals surface area contributed by atoms with Crippen LogP contribution in [-0.4, -0.2) is 54.1 Å². The van der Waals surface area contributed by atoms with Crippen LogP contribution >= 0.6 is 0 Å². The summed E-state index contributed by atoms with van der Waals surface area (Å²) in [5.74, 6) is 1.84. The lowest BCUT2D eigenvalue weighted by atomic mass is 10.2. The molecule has 1 aliphatic heterocycles. The highest BCUT2D eigenvalue weighted by Gasteiger charge is 2.15. The van der Waals surface area contributed by atoms with Gasteiger partial charge in [0.2, 0.25) is 0 Å². The maximum atomic E-state index is 5.86. The molecule has 3 heterocycles. The van der Waals surface area contributed by atoms with E-state index in [9.17, 15) is 0 Å². The third kappa shape index (κ3) is 6.14. The third-order valence-corrected chi connectivity index (χ3v) is 4.93. The first-order chi connectivity index (χ1) is 15.7. The zero-order chi connectivity index (χ0) is 22.2. The highest BCUT2D eigenvalue weighted by Crippen LogP contribution is 2.21. The minimum absolute atomic E-state index is 0.297. The van der Waals surface area contributed by atoms with Gasteiger partial charge in [-0.2, -0.15) is 15.1 Å². The van der Waals surface area contributed by atoms with Crippen LogP contribution in [0.1, 0.15) is 16.7 Å². The molecule has 3 N–H and O–H groups in total. The lowest BCUT2D eigenvalue weighted by Crippen LogP contribution is -2.36. The summed E-state index contributed by atoms with van der Waals surface area (Å²) >= 11 is 0. The maximum absolute atomic E-state index is 5.86. The van der Waals surface area contributed by atoms with Gasteiger partial charge >= 0.3 is 6.01 Å². The number of nitrogens with one attached hydrogen (secondary N) is 1. The first-order valence-corrected chi connectivity index (χ1v) is 10.6. The number of nitrogens with two attached hydrogens (primary N) is 1. The lowest BCUT2D eigenvalue weighted by molar-refractivity contribution is 0.122. The first kappa shape index (κ1) is 21.5. The summed E-state index contributed by atoms with van der Waals surface area (Å²) < 4.78 is 11.3. The van der Waals surface area contributed by atoms with E-state index in [-0.39, 0.29) is 0 Å². The van der Waals surface area contributed by atoms with E-state index in [0.29, 0.717) is 43.9 Å². The minimum Gasteiger partial charge on any atom is -0.463 e. The summed E-state index contributed by atoms with van der Waals surface area (Å²) in [5, 5.41) is 4.33. The van der Waals surface area contributed by atoms with Crippen LogP contribution in [0.25, 0.3) is 0 Å². The predicted molar refractivity (Wildman–Crippen MR) is 125 cm³/mol. The smallest absolute Gasteiger partial charge is 0.320 e. The van der Waals surface area contributed by atoms with Gasteiger partial charge in [-0.05, 0) is 24.1 Å². The molecule has 3 aromatic rings. The average Bonchev–Trinajstić information content (AvgIpc) is 2.81. The van der Waals surface area contributed by atoms with Crippen molar-refractivity contribution in [2.45, 2.75) is 13.3 Å². The fourth-order valence-corrected chi connectivity index (χ4v) is 3.26. The van der Waals surface area contributed by atoms with Crippen molar-refractivity contribution in [1.82, 2.24) is 15.0 Å². The molecule has 9 heteroatoms. The minimum atomic E-state index is 0.297. The fraction of sp³-hybridized carbons (Fsp3) is 0.304. The van der Waals surface area contributed by atoms with Gasteiger partial charge in [-0.15, -0.1) is 0 Å². The van der Waals surface area contributed by atoms with E-state index in [1.807, 2.05) is 37.3 Å². The van der Waals surface area contributed by atoms with E-state index >= 15 is 0 Å². The van der Waals surface area contributed by atoms with E-state index in [1.165, 1.54) is 5.56 Å². The molecule has 0 unspecified atom stereocenters. The monoisotopic (exact) mass is 433 g/mol. The number of hydrogen-bond acceptors (Lipinski definition) is 9. The Balaban J connectivity index is 1.46. The molecular formula is C23H27N7O2. The van der Waals surface area contributed by atoms with Gasteiger partial charge in [-0.3, -0.25) is 5.43 Å². The molecule has 4 rings (SSSR count). The second-order valence-electron chi connectivity index (χ2n) is 7.47. The van der Waals surface area contributed by atoms with Crippen LogP contribution in [0.3, 0.4) is 0 Å². The summed E-state index contributed by atoms with van der Waals surface area (Å²) in [5.41, 5.74) is 11.9. The molecule has 0 bridgehead atoms. The number of benzene rings is 1. The number of nitrogens with zero attached hydrogens (tertiary/aromatic N) is 5. The Morgan fingerprint density at radius 3 is 2.84 bits per heavy atom. The van der Waals surface area contributed by atoms with Gasteiger partial charge < -0.3 is 20.1 Å². The summed E-state index contributed by atoms with van der Waals surface area (Å²) in [6, 6.07) is 14.0. The van der Waals surface area contributed by atoms with Gasteiger partial charge in [0, 0.05) is 31.8 Å². The van der Waals surface area contributed by atoms with Gasteiger partial charge in [0.25, 0.3) is 0 Å². The SMILES string of the molecule is Cc1cccc(C=NNc2cc(N3CCOCC3)nc(OCCc3ccc(N)nc3)n2)c1. The van der Waals surface area contributed by atoms with E-state index in [4.69, 9.17) is 15.2 Å². The number of rotatable bonds is 8.